The van der Waals surface area contributed by atoms with Crippen molar-refractivity contribution >= 4 is 46.1 Å². The van der Waals surface area contributed by atoms with E-state index in [2.05, 4.69) is 0 Å². The van der Waals surface area contributed by atoms with Crippen LogP contribution in [0.1, 0.15) is 35.6 Å². The van der Waals surface area contributed by atoms with Gasteiger partial charge in [0, 0.05) is 46.0 Å². The summed E-state index contributed by atoms with van der Waals surface area (Å²) in [6, 6.07) is 11.9. The zero-order valence-electron chi connectivity index (χ0n) is 19.8. The van der Waals surface area contributed by atoms with E-state index in [0.29, 0.717) is 58.9 Å². The Morgan fingerprint density at radius 3 is 2.62 bits per heavy atom. The molecule has 1 amide bonds. The van der Waals surface area contributed by atoms with E-state index < -0.39 is 0 Å². The zero-order chi connectivity index (χ0) is 24.8. The molecule has 0 spiro atoms. The van der Waals surface area contributed by atoms with Gasteiger partial charge in [-0.1, -0.05) is 54.3 Å². The average Bonchev–Trinajstić information content (AvgIpc) is 3.08. The van der Waals surface area contributed by atoms with Gasteiger partial charge in [-0.3, -0.25) is 19.1 Å². The zero-order valence-corrected chi connectivity index (χ0v) is 21.5. The predicted molar refractivity (Wildman–Crippen MR) is 141 cm³/mol. The summed E-state index contributed by atoms with van der Waals surface area (Å²) in [4.78, 5) is 30.1. The molecule has 0 aliphatic carbocycles. The molecular formula is C25H28N4O3S2. The van der Waals surface area contributed by atoms with Crippen LogP contribution in [0.3, 0.4) is 0 Å². The molecule has 0 radical (unpaired) electrons. The van der Waals surface area contributed by atoms with Crippen LogP contribution in [0.25, 0.3) is 6.08 Å². The lowest BCUT2D eigenvalue weighted by atomic mass is 10.0. The highest BCUT2D eigenvalue weighted by atomic mass is 32.2. The van der Waals surface area contributed by atoms with E-state index in [-0.39, 0.29) is 17.0 Å². The first kappa shape index (κ1) is 25.7. The first-order chi connectivity index (χ1) is 16.3. The maximum absolute atomic E-state index is 13.1. The van der Waals surface area contributed by atoms with E-state index in [1.807, 2.05) is 55.3 Å². The number of hydrogen-bond donors (Lipinski definition) is 0. The van der Waals surface area contributed by atoms with Crippen LogP contribution in [0, 0.1) is 18.3 Å². The summed E-state index contributed by atoms with van der Waals surface area (Å²) < 4.78 is 7.34. The molecule has 0 unspecified atom stereocenters. The Balaban J connectivity index is 2.03. The smallest absolute Gasteiger partial charge is 0.270 e. The van der Waals surface area contributed by atoms with Crippen LogP contribution in [-0.4, -0.2) is 46.5 Å². The maximum atomic E-state index is 13.1. The molecule has 1 aliphatic heterocycles. The van der Waals surface area contributed by atoms with Crippen molar-refractivity contribution in [3.05, 3.63) is 67.8 Å². The number of nitrogens with zero attached hydrogens (tertiary/aromatic N) is 4. The molecule has 34 heavy (non-hydrogen) atoms. The van der Waals surface area contributed by atoms with Crippen molar-refractivity contribution in [2.45, 2.75) is 26.8 Å². The number of benzene rings is 1. The SMILES string of the molecule is CCOCCCN1C(=O)/C(=C/c2c(C)c(C#N)c(=O)n(C)c2N(C)Cc2ccccc2)SC1=S. The van der Waals surface area contributed by atoms with Crippen molar-refractivity contribution < 1.29 is 9.53 Å². The predicted octanol–water partition coefficient (Wildman–Crippen LogP) is 3.83. The van der Waals surface area contributed by atoms with Crippen LogP contribution in [0.15, 0.2) is 40.0 Å². The molecule has 0 bridgehead atoms. The highest BCUT2D eigenvalue weighted by Crippen LogP contribution is 2.35. The summed E-state index contributed by atoms with van der Waals surface area (Å²) >= 11 is 6.69. The Bertz CT molecular complexity index is 1220. The van der Waals surface area contributed by atoms with E-state index in [1.54, 1.807) is 24.9 Å². The van der Waals surface area contributed by atoms with Crippen molar-refractivity contribution in [2.75, 3.05) is 31.7 Å². The van der Waals surface area contributed by atoms with E-state index >= 15 is 0 Å². The van der Waals surface area contributed by atoms with Crippen molar-refractivity contribution in [1.29, 1.82) is 5.26 Å². The molecule has 1 saturated heterocycles. The van der Waals surface area contributed by atoms with E-state index in [0.717, 1.165) is 5.56 Å². The largest absolute Gasteiger partial charge is 0.382 e. The average molecular weight is 497 g/mol. The third-order valence-corrected chi connectivity index (χ3v) is 6.99. The van der Waals surface area contributed by atoms with Gasteiger partial charge in [-0.05, 0) is 37.5 Å². The minimum absolute atomic E-state index is 0.0674. The third-order valence-electron chi connectivity index (χ3n) is 5.62. The summed E-state index contributed by atoms with van der Waals surface area (Å²) in [5.74, 6) is 0.460. The number of thiocarbonyl (C=S) groups is 1. The van der Waals surface area contributed by atoms with Gasteiger partial charge in [-0.25, -0.2) is 0 Å². The Morgan fingerprint density at radius 1 is 1.26 bits per heavy atom. The van der Waals surface area contributed by atoms with Crippen LogP contribution in [0.4, 0.5) is 5.82 Å². The van der Waals surface area contributed by atoms with Gasteiger partial charge in [-0.15, -0.1) is 0 Å². The maximum Gasteiger partial charge on any atom is 0.270 e. The van der Waals surface area contributed by atoms with Crippen LogP contribution >= 0.6 is 24.0 Å². The number of carbonyl (C=O) groups excluding carboxylic acids is 1. The van der Waals surface area contributed by atoms with Gasteiger partial charge in [0.1, 0.15) is 21.8 Å². The van der Waals surface area contributed by atoms with Gasteiger partial charge < -0.3 is 9.64 Å². The fourth-order valence-electron chi connectivity index (χ4n) is 3.90. The Morgan fingerprint density at radius 2 is 1.97 bits per heavy atom. The summed E-state index contributed by atoms with van der Waals surface area (Å²) in [5.41, 5.74) is 1.98. The molecule has 9 heteroatoms. The topological polar surface area (TPSA) is 78.6 Å². The lowest BCUT2D eigenvalue weighted by molar-refractivity contribution is -0.122. The summed E-state index contributed by atoms with van der Waals surface area (Å²) in [7, 11) is 3.54. The molecule has 3 rings (SSSR count). The number of rotatable bonds is 9. The first-order valence-electron chi connectivity index (χ1n) is 11.0. The highest BCUT2D eigenvalue weighted by molar-refractivity contribution is 8.26. The molecule has 0 N–H and O–H groups in total. The first-order valence-corrected chi connectivity index (χ1v) is 12.2. The van der Waals surface area contributed by atoms with Gasteiger partial charge in [0.2, 0.25) is 0 Å². The second kappa shape index (κ2) is 11.5. The highest BCUT2D eigenvalue weighted by Gasteiger charge is 2.32. The third kappa shape index (κ3) is 5.41. The quantitative estimate of drug-likeness (QED) is 0.297. The monoisotopic (exact) mass is 496 g/mol. The second-order valence-electron chi connectivity index (χ2n) is 7.94. The number of hydrogen-bond acceptors (Lipinski definition) is 7. The number of carbonyl (C=O) groups is 1. The molecule has 0 saturated carbocycles. The van der Waals surface area contributed by atoms with Crippen LogP contribution in [-0.2, 0) is 23.1 Å². The minimum Gasteiger partial charge on any atom is -0.382 e. The molecule has 0 atom stereocenters. The molecule has 2 aromatic rings. The fourth-order valence-corrected chi connectivity index (χ4v) is 5.19. The number of pyridine rings is 1. The number of thioether (sulfide) groups is 1. The Kier molecular flexibility index (Phi) is 8.67. The van der Waals surface area contributed by atoms with Gasteiger partial charge in [-0.2, -0.15) is 5.26 Å². The summed E-state index contributed by atoms with van der Waals surface area (Å²) in [6.07, 6.45) is 2.45. The standard InChI is InChI=1S/C25H28N4O3S2/c1-5-32-13-9-12-29-24(31)21(34-25(29)33)14-19-17(2)20(15-26)23(30)28(4)22(19)27(3)16-18-10-7-6-8-11-18/h6-8,10-11,14H,5,9,12-13,16H2,1-4H3/b21-14-. The molecule has 7 nitrogen and oxygen atoms in total. The number of amides is 1. The normalized spacial score (nSPS) is 14.7. The Labute approximate surface area is 209 Å². The molecular weight excluding hydrogens is 468 g/mol. The molecule has 1 aromatic heterocycles. The number of anilines is 1. The summed E-state index contributed by atoms with van der Waals surface area (Å²) in [5, 5.41) is 9.64. The van der Waals surface area contributed by atoms with E-state index in [4.69, 9.17) is 17.0 Å². The summed E-state index contributed by atoms with van der Waals surface area (Å²) in [6.45, 7) is 5.91. The molecule has 1 aliphatic rings. The van der Waals surface area contributed by atoms with Crippen molar-refractivity contribution in [3.8, 4) is 6.07 Å². The van der Waals surface area contributed by atoms with Crippen molar-refractivity contribution in [1.82, 2.24) is 9.47 Å². The molecule has 2 heterocycles. The van der Waals surface area contributed by atoms with Gasteiger partial charge in [0.05, 0.1) is 4.91 Å². The number of ether oxygens (including phenoxy) is 1. The lowest BCUT2D eigenvalue weighted by Crippen LogP contribution is -2.31. The van der Waals surface area contributed by atoms with Gasteiger partial charge in [0.25, 0.3) is 11.5 Å². The van der Waals surface area contributed by atoms with Crippen molar-refractivity contribution in [2.24, 2.45) is 7.05 Å². The van der Waals surface area contributed by atoms with Crippen LogP contribution in [0.5, 0.6) is 0 Å². The minimum atomic E-state index is -0.365. The van der Waals surface area contributed by atoms with E-state index in [9.17, 15) is 14.9 Å². The van der Waals surface area contributed by atoms with Crippen LogP contribution < -0.4 is 10.5 Å². The number of aromatic nitrogens is 1. The molecule has 1 aromatic carbocycles. The second-order valence-corrected chi connectivity index (χ2v) is 9.61. The molecule has 178 valence electrons. The number of nitriles is 1. The Hall–Kier alpha value is -2.93. The van der Waals surface area contributed by atoms with Gasteiger partial charge in [0.15, 0.2) is 0 Å². The lowest BCUT2D eigenvalue weighted by Gasteiger charge is -2.26. The fraction of sp³-hybridized carbons (Fsp3) is 0.360. The van der Waals surface area contributed by atoms with Crippen molar-refractivity contribution in [3.63, 3.8) is 0 Å². The van der Waals surface area contributed by atoms with Crippen LogP contribution in [0.2, 0.25) is 0 Å². The van der Waals surface area contributed by atoms with E-state index in [1.165, 1.54) is 16.3 Å². The molecule has 1 fully saturated rings. The van der Waals surface area contributed by atoms with Gasteiger partial charge >= 0.3 is 0 Å².